The molecule has 1 unspecified atom stereocenters. The number of imidazole rings is 1. The Kier molecular flexibility index (Phi) is 5.15. The molecule has 5 nitrogen and oxygen atoms in total. The zero-order valence-electron chi connectivity index (χ0n) is 15.2. The van der Waals surface area contributed by atoms with Gasteiger partial charge >= 0.3 is 0 Å². The molecule has 0 aliphatic carbocycles. The molecule has 136 valence electrons. The van der Waals surface area contributed by atoms with Crippen LogP contribution in [-0.2, 0) is 10.8 Å². The monoisotopic (exact) mass is 390 g/mol. The van der Waals surface area contributed by atoms with Gasteiger partial charge in [-0.3, -0.25) is 4.21 Å². The molecule has 0 saturated carbocycles. The van der Waals surface area contributed by atoms with E-state index >= 15 is 0 Å². The molecule has 0 saturated heterocycles. The Morgan fingerprint density at radius 2 is 1.88 bits per heavy atom. The highest BCUT2D eigenvalue weighted by Gasteiger charge is 2.15. The molecule has 0 bridgehead atoms. The molecule has 3 aromatic heterocycles. The first kappa shape index (κ1) is 18.6. The average molecular weight is 391 g/mol. The number of rotatable bonds is 2. The second-order valence-corrected chi connectivity index (χ2v) is 8.19. The van der Waals surface area contributed by atoms with Crippen molar-refractivity contribution < 1.29 is 8.60 Å². The van der Waals surface area contributed by atoms with Gasteiger partial charge in [-0.15, -0.1) is 11.3 Å². The van der Waals surface area contributed by atoms with E-state index in [2.05, 4.69) is 15.1 Å². The predicted octanol–water partition coefficient (Wildman–Crippen LogP) is 4.53. The summed E-state index contributed by atoms with van der Waals surface area (Å²) in [6, 6.07) is 5.15. The van der Waals surface area contributed by atoms with E-state index in [1.54, 1.807) is 4.52 Å². The van der Waals surface area contributed by atoms with Crippen LogP contribution >= 0.6 is 11.3 Å². The molecule has 4 rings (SSSR count). The lowest BCUT2D eigenvalue weighted by atomic mass is 10.1. The topological polar surface area (TPSA) is 60.2 Å². The van der Waals surface area contributed by atoms with E-state index in [9.17, 15) is 8.60 Å². The fraction of sp³-hybridized carbons (Fsp3) is 0.278. The van der Waals surface area contributed by atoms with Crippen LogP contribution in [0.3, 0.4) is 0 Å². The molecule has 0 aliphatic heterocycles. The summed E-state index contributed by atoms with van der Waals surface area (Å²) < 4.78 is 28.8. The van der Waals surface area contributed by atoms with Crippen molar-refractivity contribution >= 4 is 38.0 Å². The Morgan fingerprint density at radius 1 is 1.15 bits per heavy atom. The van der Waals surface area contributed by atoms with Crippen LogP contribution in [0.5, 0.6) is 0 Å². The fourth-order valence-electron chi connectivity index (χ4n) is 2.63. The highest BCUT2D eigenvalue weighted by Crippen LogP contribution is 2.31. The van der Waals surface area contributed by atoms with E-state index in [4.69, 9.17) is 0 Å². The number of hydrogen-bond acceptors (Lipinski definition) is 5. The van der Waals surface area contributed by atoms with Crippen molar-refractivity contribution in [3.63, 3.8) is 0 Å². The number of benzene rings is 1. The number of aryl methyl sites for hydroxylation is 2. The highest BCUT2D eigenvalue weighted by atomic mass is 32.2. The van der Waals surface area contributed by atoms with Crippen LogP contribution in [-0.4, -0.2) is 30.0 Å². The van der Waals surface area contributed by atoms with Crippen LogP contribution in [0.1, 0.15) is 25.1 Å². The maximum atomic E-state index is 14.4. The zero-order chi connectivity index (χ0) is 19.0. The van der Waals surface area contributed by atoms with Crippen LogP contribution in [0.25, 0.3) is 27.1 Å². The highest BCUT2D eigenvalue weighted by molar-refractivity contribution is 7.86. The summed E-state index contributed by atoms with van der Waals surface area (Å²) in [5.41, 5.74) is 4.21. The van der Waals surface area contributed by atoms with E-state index in [1.165, 1.54) is 23.7 Å². The summed E-state index contributed by atoms with van der Waals surface area (Å²) >= 11 is 1.24. The quantitative estimate of drug-likeness (QED) is 0.505. The van der Waals surface area contributed by atoms with Crippen LogP contribution in [0.15, 0.2) is 28.7 Å². The van der Waals surface area contributed by atoms with Crippen molar-refractivity contribution in [3.8, 4) is 11.3 Å². The Labute approximate surface area is 157 Å². The number of nitrogens with zero attached hydrogens (tertiary/aromatic N) is 4. The number of halogens is 1. The third-order valence-corrected chi connectivity index (χ3v) is 6.03. The van der Waals surface area contributed by atoms with Gasteiger partial charge in [-0.25, -0.2) is 18.9 Å². The summed E-state index contributed by atoms with van der Waals surface area (Å²) in [6.07, 6.45) is 3.38. The minimum atomic E-state index is -1.23. The Bertz CT molecular complexity index is 1130. The van der Waals surface area contributed by atoms with E-state index < -0.39 is 16.6 Å². The minimum Gasteiger partial charge on any atom is -0.252 e. The lowest BCUT2D eigenvalue weighted by molar-refractivity contribution is 0.637. The van der Waals surface area contributed by atoms with Gasteiger partial charge in [0, 0.05) is 11.8 Å². The van der Waals surface area contributed by atoms with Crippen molar-refractivity contribution in [1.82, 2.24) is 19.6 Å². The zero-order valence-corrected chi connectivity index (χ0v) is 16.8. The summed E-state index contributed by atoms with van der Waals surface area (Å²) in [7, 11) is -1.23. The van der Waals surface area contributed by atoms with Crippen LogP contribution in [0, 0.1) is 19.7 Å². The van der Waals surface area contributed by atoms with Crippen molar-refractivity contribution in [3.05, 3.63) is 41.5 Å². The van der Waals surface area contributed by atoms with E-state index in [-0.39, 0.29) is 5.52 Å². The molecule has 0 radical (unpaired) electrons. The van der Waals surface area contributed by atoms with Gasteiger partial charge in [0.15, 0.2) is 15.8 Å². The van der Waals surface area contributed by atoms with Crippen molar-refractivity contribution in [2.24, 2.45) is 0 Å². The molecule has 4 aromatic rings. The van der Waals surface area contributed by atoms with Gasteiger partial charge in [0.2, 0.25) is 0 Å². The van der Waals surface area contributed by atoms with E-state index in [1.807, 2.05) is 46.0 Å². The van der Waals surface area contributed by atoms with Crippen LogP contribution < -0.4 is 0 Å². The van der Waals surface area contributed by atoms with Gasteiger partial charge in [-0.2, -0.15) is 5.10 Å². The van der Waals surface area contributed by atoms with Crippen molar-refractivity contribution in [1.29, 1.82) is 0 Å². The Hall–Kier alpha value is -2.19. The Morgan fingerprint density at radius 3 is 2.58 bits per heavy atom. The molecule has 0 aliphatic rings. The molecule has 1 atom stereocenters. The second-order valence-electron chi connectivity index (χ2n) is 5.60. The normalized spacial score (nSPS) is 12.2. The minimum absolute atomic E-state index is 0.255. The van der Waals surface area contributed by atoms with Gasteiger partial charge in [-0.05, 0) is 37.6 Å². The molecule has 0 fully saturated rings. The predicted molar refractivity (Wildman–Crippen MR) is 105 cm³/mol. The van der Waals surface area contributed by atoms with E-state index in [0.29, 0.717) is 20.3 Å². The van der Waals surface area contributed by atoms with Gasteiger partial charge in [0.05, 0.1) is 33.1 Å². The first-order valence-corrected chi connectivity index (χ1v) is 10.6. The lowest BCUT2D eigenvalue weighted by Crippen LogP contribution is -1.96. The molecule has 26 heavy (non-hydrogen) atoms. The molecule has 0 N–H and O–H groups in total. The SMILES string of the molecule is CC.Cc1cn2nc(-c3cc(F)c4nc(S(C)=O)sc4c3)cc(C)c2n1. The summed E-state index contributed by atoms with van der Waals surface area (Å²) in [5.74, 6) is -0.434. The van der Waals surface area contributed by atoms with Crippen molar-refractivity contribution in [2.75, 3.05) is 6.26 Å². The van der Waals surface area contributed by atoms with Gasteiger partial charge in [-0.1, -0.05) is 13.8 Å². The van der Waals surface area contributed by atoms with Crippen LogP contribution in [0.4, 0.5) is 4.39 Å². The molecule has 8 heteroatoms. The molecule has 3 heterocycles. The average Bonchev–Trinajstić information content (AvgIpc) is 3.20. The molecular weight excluding hydrogens is 371 g/mol. The third-order valence-electron chi connectivity index (χ3n) is 3.70. The largest absolute Gasteiger partial charge is 0.252 e. The Balaban J connectivity index is 0.000000948. The number of aromatic nitrogens is 4. The lowest BCUT2D eigenvalue weighted by Gasteiger charge is -2.05. The maximum absolute atomic E-state index is 14.4. The molecule has 1 aromatic carbocycles. The van der Waals surface area contributed by atoms with Gasteiger partial charge < -0.3 is 0 Å². The molecule has 0 amide bonds. The molecular formula is C18H19FN4OS2. The second kappa shape index (κ2) is 7.20. The summed E-state index contributed by atoms with van der Waals surface area (Å²) in [6.45, 7) is 7.86. The fourth-order valence-corrected chi connectivity index (χ4v) is 4.33. The number of thiazole rings is 1. The first-order valence-electron chi connectivity index (χ1n) is 8.20. The van der Waals surface area contributed by atoms with Crippen molar-refractivity contribution in [2.45, 2.75) is 32.0 Å². The first-order chi connectivity index (χ1) is 12.4. The van der Waals surface area contributed by atoms with Gasteiger partial charge in [0.25, 0.3) is 0 Å². The van der Waals surface area contributed by atoms with Gasteiger partial charge in [0.1, 0.15) is 5.52 Å². The third kappa shape index (κ3) is 3.26. The van der Waals surface area contributed by atoms with Crippen LogP contribution in [0.2, 0.25) is 0 Å². The summed E-state index contributed by atoms with van der Waals surface area (Å²) in [4.78, 5) is 8.55. The molecule has 0 spiro atoms. The standard InChI is InChI=1S/C16H13FN4OS2.C2H6/c1-8-4-12(20-21-7-9(2)18-15(8)21)10-5-11(17)14-13(6-10)23-16(19-14)24(3)22;1-2/h4-7H,1-3H3;1-2H3. The number of fused-ring (bicyclic) bond motifs is 2. The number of hydrogen-bond donors (Lipinski definition) is 0. The van der Waals surface area contributed by atoms with E-state index in [0.717, 1.165) is 16.9 Å². The smallest absolute Gasteiger partial charge is 0.181 e. The maximum Gasteiger partial charge on any atom is 0.181 e. The summed E-state index contributed by atoms with van der Waals surface area (Å²) in [5, 5.41) is 4.53.